The molecule has 0 aliphatic heterocycles. The van der Waals surface area contributed by atoms with Crippen LogP contribution in [0.3, 0.4) is 0 Å². The molecule has 0 atom stereocenters. The average Bonchev–Trinajstić information content (AvgIpc) is 2.07. The maximum Gasteiger partial charge on any atom is 0.227 e. The number of hydrogen-bond donors (Lipinski definition) is 1. The summed E-state index contributed by atoms with van der Waals surface area (Å²) in [5, 5.41) is 3.83. The number of aromatic nitrogens is 1. The smallest absolute Gasteiger partial charge is 0.227 e. The zero-order valence-electron chi connectivity index (χ0n) is 7.11. The van der Waals surface area contributed by atoms with Crippen molar-refractivity contribution in [2.24, 2.45) is 12.1 Å². The molecule has 0 spiro atoms. The van der Waals surface area contributed by atoms with E-state index in [1.54, 1.807) is 0 Å². The molecule has 4 heteroatoms. The Morgan fingerprint density at radius 1 is 1.67 bits per heavy atom. The van der Waals surface area contributed by atoms with E-state index in [1.807, 2.05) is 36.9 Å². The van der Waals surface area contributed by atoms with E-state index in [4.69, 9.17) is 0 Å². The number of rotatable bonds is 2. The van der Waals surface area contributed by atoms with Gasteiger partial charge in [0.25, 0.3) is 0 Å². The first kappa shape index (κ1) is 8.52. The molecule has 1 amide bonds. The minimum atomic E-state index is 0.544. The summed E-state index contributed by atoms with van der Waals surface area (Å²) in [6.45, 7) is 1.97. The predicted octanol–water partition coefficient (Wildman–Crippen LogP) is -0.105. The van der Waals surface area contributed by atoms with Crippen LogP contribution in [0.2, 0.25) is 0 Å². The molecule has 0 saturated heterocycles. The summed E-state index contributed by atoms with van der Waals surface area (Å²) in [6, 6.07) is 3.86. The van der Waals surface area contributed by atoms with Gasteiger partial charge in [-0.15, -0.1) is 0 Å². The van der Waals surface area contributed by atoms with Gasteiger partial charge >= 0.3 is 0 Å². The first-order valence-corrected chi connectivity index (χ1v) is 3.60. The lowest BCUT2D eigenvalue weighted by Gasteiger charge is -1.99. The van der Waals surface area contributed by atoms with Crippen LogP contribution in [0.25, 0.3) is 0 Å². The molecular formula is C8H11N3O. The van der Waals surface area contributed by atoms with Crippen molar-refractivity contribution >= 4 is 6.41 Å². The van der Waals surface area contributed by atoms with Crippen LogP contribution >= 0.6 is 0 Å². The van der Waals surface area contributed by atoms with Crippen molar-refractivity contribution in [1.82, 2.24) is 9.99 Å². The Labute approximate surface area is 70.5 Å². The van der Waals surface area contributed by atoms with Gasteiger partial charge in [0.2, 0.25) is 6.41 Å². The molecule has 0 fully saturated rings. The van der Waals surface area contributed by atoms with Gasteiger partial charge in [-0.2, -0.15) is 5.10 Å². The average molecular weight is 165 g/mol. The molecule has 1 rings (SSSR count). The summed E-state index contributed by atoms with van der Waals surface area (Å²) >= 11 is 0. The molecule has 0 saturated carbocycles. The van der Waals surface area contributed by atoms with Crippen LogP contribution in [0.15, 0.2) is 23.4 Å². The Morgan fingerprint density at radius 3 is 3.08 bits per heavy atom. The number of amides is 1. The first-order chi connectivity index (χ1) is 5.74. The van der Waals surface area contributed by atoms with Gasteiger partial charge in [0.05, 0.1) is 0 Å². The van der Waals surface area contributed by atoms with Crippen LogP contribution in [-0.4, -0.2) is 11.0 Å². The van der Waals surface area contributed by atoms with Gasteiger partial charge in [-0.3, -0.25) is 4.79 Å². The highest BCUT2D eigenvalue weighted by atomic mass is 16.1. The Kier molecular flexibility index (Phi) is 2.63. The van der Waals surface area contributed by atoms with Crippen LogP contribution in [0.1, 0.15) is 5.56 Å². The lowest BCUT2D eigenvalue weighted by Crippen LogP contribution is -2.21. The van der Waals surface area contributed by atoms with Crippen molar-refractivity contribution < 1.29 is 4.79 Å². The van der Waals surface area contributed by atoms with Crippen molar-refractivity contribution in [2.45, 2.75) is 6.92 Å². The molecule has 64 valence electrons. The number of nitrogens with one attached hydrogen (secondary N) is 1. The summed E-state index contributed by atoms with van der Waals surface area (Å²) in [6.07, 6.45) is 2.43. The fourth-order valence-electron chi connectivity index (χ4n) is 0.863. The van der Waals surface area contributed by atoms with Crippen molar-refractivity contribution in [3.8, 4) is 0 Å². The highest BCUT2D eigenvalue weighted by Crippen LogP contribution is 1.88. The molecule has 1 heterocycles. The van der Waals surface area contributed by atoms with Crippen LogP contribution in [0.5, 0.6) is 0 Å². The second-order valence-corrected chi connectivity index (χ2v) is 2.53. The van der Waals surface area contributed by atoms with Crippen molar-refractivity contribution in [3.05, 3.63) is 29.4 Å². The van der Waals surface area contributed by atoms with Crippen molar-refractivity contribution in [3.63, 3.8) is 0 Å². The quantitative estimate of drug-likeness (QED) is 0.482. The Hall–Kier alpha value is -1.58. The monoisotopic (exact) mass is 165 g/mol. The molecular weight excluding hydrogens is 154 g/mol. The molecule has 0 aromatic carbocycles. The van der Waals surface area contributed by atoms with E-state index in [2.05, 4.69) is 10.5 Å². The lowest BCUT2D eigenvalue weighted by molar-refractivity contribution is -0.109. The topological polar surface area (TPSA) is 46.4 Å². The molecule has 0 radical (unpaired) electrons. The Morgan fingerprint density at radius 2 is 2.42 bits per heavy atom. The van der Waals surface area contributed by atoms with Crippen molar-refractivity contribution in [1.29, 1.82) is 0 Å². The summed E-state index contributed by atoms with van der Waals surface area (Å²) in [4.78, 5) is 9.96. The zero-order valence-corrected chi connectivity index (χ0v) is 7.11. The number of aryl methyl sites for hydroxylation is 2. The molecule has 1 aromatic rings. The molecule has 1 N–H and O–H groups in total. The van der Waals surface area contributed by atoms with Crippen molar-refractivity contribution in [2.75, 3.05) is 0 Å². The SMILES string of the molecule is Cc1ccn(C)/c(=N\NC=O)c1. The maximum absolute atomic E-state index is 9.96. The van der Waals surface area contributed by atoms with E-state index in [-0.39, 0.29) is 0 Å². The first-order valence-electron chi connectivity index (χ1n) is 3.60. The number of hydrogen-bond acceptors (Lipinski definition) is 2. The van der Waals surface area contributed by atoms with Gasteiger partial charge in [-0.25, -0.2) is 5.43 Å². The van der Waals surface area contributed by atoms with Gasteiger partial charge in [0.1, 0.15) is 0 Å². The van der Waals surface area contributed by atoms with Gasteiger partial charge in [-0.05, 0) is 24.6 Å². The van der Waals surface area contributed by atoms with Gasteiger partial charge in [0.15, 0.2) is 5.49 Å². The molecule has 12 heavy (non-hydrogen) atoms. The van der Waals surface area contributed by atoms with E-state index < -0.39 is 0 Å². The number of carbonyl (C=O) groups is 1. The van der Waals surface area contributed by atoms with Gasteiger partial charge < -0.3 is 4.57 Å². The maximum atomic E-state index is 9.96. The van der Waals surface area contributed by atoms with E-state index in [1.165, 1.54) is 0 Å². The summed E-state index contributed by atoms with van der Waals surface area (Å²) in [7, 11) is 1.87. The minimum absolute atomic E-state index is 0.544. The van der Waals surface area contributed by atoms with Crippen LogP contribution in [0.4, 0.5) is 0 Å². The van der Waals surface area contributed by atoms with Crippen LogP contribution < -0.4 is 10.9 Å². The second kappa shape index (κ2) is 3.71. The van der Waals surface area contributed by atoms with Crippen LogP contribution in [-0.2, 0) is 11.8 Å². The van der Waals surface area contributed by atoms with Crippen LogP contribution in [0, 0.1) is 6.92 Å². The van der Waals surface area contributed by atoms with E-state index in [0.29, 0.717) is 6.41 Å². The van der Waals surface area contributed by atoms with E-state index in [9.17, 15) is 4.79 Å². The van der Waals surface area contributed by atoms with Gasteiger partial charge in [-0.1, -0.05) is 0 Å². The zero-order chi connectivity index (χ0) is 8.97. The molecule has 0 bridgehead atoms. The number of pyridine rings is 1. The third-order valence-electron chi connectivity index (χ3n) is 1.51. The third-order valence-corrected chi connectivity index (χ3v) is 1.51. The predicted molar refractivity (Wildman–Crippen MR) is 44.9 cm³/mol. The summed E-state index contributed by atoms with van der Waals surface area (Å²) in [5.74, 6) is 0. The standard InChI is InChI=1S/C8H11N3O/c1-7-3-4-11(2)8(5-7)10-9-6-12/h3-6H,1-2H3,(H,9,12)/b10-8-. The summed E-state index contributed by atoms with van der Waals surface area (Å²) in [5.41, 5.74) is 4.09. The fourth-order valence-corrected chi connectivity index (χ4v) is 0.863. The largest absolute Gasteiger partial charge is 0.335 e. The molecule has 0 aliphatic carbocycles. The normalized spacial score (nSPS) is 11.3. The summed E-state index contributed by atoms with van der Waals surface area (Å²) < 4.78 is 1.82. The third kappa shape index (κ3) is 1.95. The molecule has 1 aromatic heterocycles. The molecule has 4 nitrogen and oxygen atoms in total. The van der Waals surface area contributed by atoms with Gasteiger partial charge in [0, 0.05) is 13.2 Å². The minimum Gasteiger partial charge on any atom is -0.335 e. The van der Waals surface area contributed by atoms with E-state index in [0.717, 1.165) is 11.1 Å². The lowest BCUT2D eigenvalue weighted by atomic mass is 10.3. The molecule has 0 unspecified atom stereocenters. The number of nitrogens with zero attached hydrogens (tertiary/aromatic N) is 2. The Balaban J connectivity index is 3.12. The van der Waals surface area contributed by atoms with E-state index >= 15 is 0 Å². The second-order valence-electron chi connectivity index (χ2n) is 2.53. The number of carbonyl (C=O) groups excluding carboxylic acids is 1. The molecule has 0 aliphatic rings. The Bertz CT molecular complexity index is 340. The highest BCUT2D eigenvalue weighted by molar-refractivity contribution is 5.44. The highest BCUT2D eigenvalue weighted by Gasteiger charge is 1.87. The fraction of sp³-hybridized carbons (Fsp3) is 0.250.